The van der Waals surface area contributed by atoms with Gasteiger partial charge in [0, 0.05) is 30.9 Å². The first-order valence-corrected chi connectivity index (χ1v) is 7.86. The molecule has 0 atom stereocenters. The van der Waals surface area contributed by atoms with Gasteiger partial charge in [-0.05, 0) is 27.2 Å². The van der Waals surface area contributed by atoms with E-state index in [0.29, 0.717) is 25.7 Å². The van der Waals surface area contributed by atoms with Gasteiger partial charge in [0.25, 0.3) is 0 Å². The Balaban J connectivity index is 3.78. The zero-order valence-corrected chi connectivity index (χ0v) is 12.0. The Hall–Kier alpha value is -0.820. The highest BCUT2D eigenvalue weighted by atomic mass is 32.2. The third kappa shape index (κ3) is 13.1. The molecule has 98 valence electrons. The topological polar surface area (TPSA) is 51.2 Å². The maximum Gasteiger partial charge on any atom is 0.147 e. The second-order valence-electron chi connectivity index (χ2n) is 5.32. The van der Waals surface area contributed by atoms with Gasteiger partial charge in [0.2, 0.25) is 0 Å². The normalized spacial score (nSPS) is 11.8. The summed E-state index contributed by atoms with van der Waals surface area (Å²) in [4.78, 5) is 11.4. The van der Waals surface area contributed by atoms with Crippen molar-refractivity contribution in [1.82, 2.24) is 0 Å². The monoisotopic (exact) mass is 258 g/mol. The molecule has 0 fully saturated rings. The Morgan fingerprint density at radius 3 is 2.24 bits per heavy atom. The van der Waals surface area contributed by atoms with Gasteiger partial charge in [-0.1, -0.05) is 5.92 Å². The first-order chi connectivity index (χ1) is 7.60. The van der Waals surface area contributed by atoms with Crippen molar-refractivity contribution in [2.45, 2.75) is 46.5 Å². The van der Waals surface area contributed by atoms with Crippen molar-refractivity contribution in [1.29, 1.82) is 0 Å². The summed E-state index contributed by atoms with van der Waals surface area (Å²) in [5.41, 5.74) is -0.0284. The number of carbonyl (C=O) groups excluding carboxylic acids is 1. The summed E-state index contributed by atoms with van der Waals surface area (Å²) < 4.78 is 21.7. The summed E-state index contributed by atoms with van der Waals surface area (Å²) in [6.07, 6.45) is 2.93. The molecular weight excluding hydrogens is 236 g/mol. The highest BCUT2D eigenvalue weighted by Gasteiger charge is 2.06. The molecule has 0 aliphatic rings. The van der Waals surface area contributed by atoms with Gasteiger partial charge in [0.05, 0.1) is 5.75 Å². The second-order valence-corrected chi connectivity index (χ2v) is 7.58. The lowest BCUT2D eigenvalue weighted by molar-refractivity contribution is -0.118. The molecule has 0 amide bonds. The van der Waals surface area contributed by atoms with E-state index in [1.165, 1.54) is 6.26 Å². The third-order valence-electron chi connectivity index (χ3n) is 1.96. The highest BCUT2D eigenvalue weighted by molar-refractivity contribution is 7.90. The lowest BCUT2D eigenvalue weighted by atomic mass is 9.97. The summed E-state index contributed by atoms with van der Waals surface area (Å²) >= 11 is 0. The van der Waals surface area contributed by atoms with Crippen LogP contribution in [0.25, 0.3) is 0 Å². The van der Waals surface area contributed by atoms with E-state index < -0.39 is 9.84 Å². The Morgan fingerprint density at radius 1 is 1.18 bits per heavy atom. The molecule has 4 heteroatoms. The SMILES string of the molecule is CC(C)(C)C#CCCC(=O)CCCS(C)(=O)=O. The molecule has 0 N–H and O–H groups in total. The quantitative estimate of drug-likeness (QED) is 0.686. The van der Waals surface area contributed by atoms with Crippen molar-refractivity contribution >= 4 is 15.6 Å². The number of sulfone groups is 1. The molecule has 0 aromatic rings. The molecule has 0 heterocycles. The van der Waals surface area contributed by atoms with Gasteiger partial charge < -0.3 is 0 Å². The number of carbonyl (C=O) groups is 1. The molecule has 0 aliphatic heterocycles. The van der Waals surface area contributed by atoms with Gasteiger partial charge in [-0.2, -0.15) is 0 Å². The predicted octanol–water partition coefficient (Wildman–Crippen LogP) is 2.21. The van der Waals surface area contributed by atoms with E-state index in [-0.39, 0.29) is 17.0 Å². The van der Waals surface area contributed by atoms with Crippen LogP contribution in [0.4, 0.5) is 0 Å². The average Bonchev–Trinajstić information content (AvgIpc) is 2.09. The molecule has 0 saturated carbocycles. The standard InChI is InChI=1S/C13H22O3S/c1-13(2,3)10-6-5-8-12(14)9-7-11-17(4,15)16/h5,7-9,11H2,1-4H3. The molecule has 0 spiro atoms. The van der Waals surface area contributed by atoms with Gasteiger partial charge in [-0.25, -0.2) is 8.42 Å². The van der Waals surface area contributed by atoms with Crippen LogP contribution >= 0.6 is 0 Å². The van der Waals surface area contributed by atoms with E-state index in [2.05, 4.69) is 11.8 Å². The number of rotatable bonds is 6. The minimum Gasteiger partial charge on any atom is -0.300 e. The molecule has 0 rings (SSSR count). The van der Waals surface area contributed by atoms with Crippen LogP contribution in [0.2, 0.25) is 0 Å². The molecule has 3 nitrogen and oxygen atoms in total. The Labute approximate surface area is 105 Å². The van der Waals surface area contributed by atoms with Crippen molar-refractivity contribution in [2.24, 2.45) is 5.41 Å². The number of Topliss-reactive ketones (excluding diaryl/α,β-unsaturated/α-hetero) is 1. The summed E-state index contributed by atoms with van der Waals surface area (Å²) in [7, 11) is -2.94. The van der Waals surface area contributed by atoms with E-state index in [0.717, 1.165) is 0 Å². The van der Waals surface area contributed by atoms with E-state index in [1.807, 2.05) is 20.8 Å². The molecule has 0 aromatic carbocycles. The zero-order chi connectivity index (χ0) is 13.5. The Morgan fingerprint density at radius 2 is 1.76 bits per heavy atom. The molecule has 0 radical (unpaired) electrons. The molecule has 17 heavy (non-hydrogen) atoms. The maximum absolute atomic E-state index is 11.4. The summed E-state index contributed by atoms with van der Waals surface area (Å²) in [5, 5.41) is 0. The first kappa shape index (κ1) is 16.2. The van der Waals surface area contributed by atoms with Gasteiger partial charge >= 0.3 is 0 Å². The molecule has 0 bridgehead atoms. The summed E-state index contributed by atoms with van der Waals surface area (Å²) in [5.74, 6) is 6.22. The summed E-state index contributed by atoms with van der Waals surface area (Å²) in [6.45, 7) is 6.07. The molecular formula is C13H22O3S. The average molecular weight is 258 g/mol. The lowest BCUT2D eigenvalue weighted by Gasteiger charge is -2.06. The van der Waals surface area contributed by atoms with Crippen molar-refractivity contribution in [3.8, 4) is 11.8 Å². The van der Waals surface area contributed by atoms with Crippen molar-refractivity contribution in [2.75, 3.05) is 12.0 Å². The Kier molecular flexibility index (Phi) is 6.48. The third-order valence-corrected chi connectivity index (χ3v) is 2.99. The zero-order valence-electron chi connectivity index (χ0n) is 11.2. The minimum atomic E-state index is -2.94. The number of hydrogen-bond acceptors (Lipinski definition) is 3. The van der Waals surface area contributed by atoms with Crippen LogP contribution in [0.1, 0.15) is 46.5 Å². The van der Waals surface area contributed by atoms with Crippen LogP contribution < -0.4 is 0 Å². The smallest absolute Gasteiger partial charge is 0.147 e. The van der Waals surface area contributed by atoms with Crippen molar-refractivity contribution in [3.63, 3.8) is 0 Å². The van der Waals surface area contributed by atoms with Gasteiger partial charge in [0.15, 0.2) is 0 Å². The molecule has 0 aliphatic carbocycles. The van der Waals surface area contributed by atoms with E-state index in [4.69, 9.17) is 0 Å². The molecule has 0 saturated heterocycles. The largest absolute Gasteiger partial charge is 0.300 e. The fourth-order valence-corrected chi connectivity index (χ4v) is 1.85. The minimum absolute atomic E-state index is 0.0284. The van der Waals surface area contributed by atoms with Crippen LogP contribution in [0, 0.1) is 17.3 Å². The molecule has 0 aromatic heterocycles. The second kappa shape index (κ2) is 6.80. The van der Waals surface area contributed by atoms with E-state index >= 15 is 0 Å². The number of ketones is 1. The summed E-state index contributed by atoms with van der Waals surface area (Å²) in [6, 6.07) is 0. The lowest BCUT2D eigenvalue weighted by Crippen LogP contribution is -2.06. The van der Waals surface area contributed by atoms with Gasteiger partial charge in [0.1, 0.15) is 15.6 Å². The van der Waals surface area contributed by atoms with Gasteiger partial charge in [-0.15, -0.1) is 5.92 Å². The maximum atomic E-state index is 11.4. The van der Waals surface area contributed by atoms with Crippen molar-refractivity contribution in [3.05, 3.63) is 0 Å². The van der Waals surface area contributed by atoms with Crippen molar-refractivity contribution < 1.29 is 13.2 Å². The van der Waals surface area contributed by atoms with Crippen LogP contribution in [0.15, 0.2) is 0 Å². The number of hydrogen-bond donors (Lipinski definition) is 0. The van der Waals surface area contributed by atoms with Gasteiger partial charge in [-0.3, -0.25) is 4.79 Å². The predicted molar refractivity (Wildman–Crippen MR) is 70.4 cm³/mol. The fourth-order valence-electron chi connectivity index (χ4n) is 1.19. The van der Waals surface area contributed by atoms with E-state index in [9.17, 15) is 13.2 Å². The fraction of sp³-hybridized carbons (Fsp3) is 0.769. The van der Waals surface area contributed by atoms with E-state index in [1.54, 1.807) is 0 Å². The van der Waals surface area contributed by atoms with Crippen LogP contribution in [-0.4, -0.2) is 26.2 Å². The first-order valence-electron chi connectivity index (χ1n) is 5.80. The van der Waals surface area contributed by atoms with Crippen LogP contribution in [0.5, 0.6) is 0 Å². The highest BCUT2D eigenvalue weighted by Crippen LogP contribution is 2.10. The van der Waals surface area contributed by atoms with Crippen LogP contribution in [0.3, 0.4) is 0 Å². The molecule has 0 unspecified atom stereocenters. The van der Waals surface area contributed by atoms with Crippen LogP contribution in [-0.2, 0) is 14.6 Å². The Bertz CT molecular complexity index is 402.